The molecule has 7 heteroatoms. The van der Waals surface area contributed by atoms with Crippen LogP contribution in [0.4, 0.5) is 19.1 Å². The number of hydrogen-bond acceptors (Lipinski definition) is 4. The van der Waals surface area contributed by atoms with E-state index in [1.54, 1.807) is 4.90 Å². The van der Waals surface area contributed by atoms with Gasteiger partial charge in [0.15, 0.2) is 0 Å². The molecule has 2 atom stereocenters. The summed E-state index contributed by atoms with van der Waals surface area (Å²) in [6.45, 7) is 3.19. The molecular formula is C12H17F3N4. The van der Waals surface area contributed by atoms with Crippen molar-refractivity contribution in [2.24, 2.45) is 11.7 Å². The van der Waals surface area contributed by atoms with Crippen LogP contribution < -0.4 is 10.6 Å². The van der Waals surface area contributed by atoms with E-state index in [9.17, 15) is 13.2 Å². The highest BCUT2D eigenvalue weighted by atomic mass is 19.4. The third kappa shape index (κ3) is 3.15. The second-order valence-electron chi connectivity index (χ2n) is 4.86. The lowest BCUT2D eigenvalue weighted by Crippen LogP contribution is -2.30. The lowest BCUT2D eigenvalue weighted by atomic mass is 9.99. The zero-order valence-corrected chi connectivity index (χ0v) is 10.7. The molecule has 2 rings (SSSR count). The second-order valence-corrected chi connectivity index (χ2v) is 4.86. The number of aromatic nitrogens is 2. The molecule has 1 aliphatic heterocycles. The molecule has 0 radical (unpaired) electrons. The molecule has 0 aliphatic carbocycles. The molecule has 4 nitrogen and oxygen atoms in total. The number of anilines is 1. The van der Waals surface area contributed by atoms with Crippen molar-refractivity contribution in [1.82, 2.24) is 9.97 Å². The van der Waals surface area contributed by atoms with E-state index in [1.807, 2.05) is 0 Å². The molecule has 1 saturated heterocycles. The molecule has 0 bridgehead atoms. The Labute approximate surface area is 109 Å². The van der Waals surface area contributed by atoms with Gasteiger partial charge in [0.05, 0.1) is 0 Å². The first-order chi connectivity index (χ1) is 8.91. The molecule has 106 valence electrons. The molecule has 2 heterocycles. The molecule has 1 aromatic rings. The quantitative estimate of drug-likeness (QED) is 0.916. The summed E-state index contributed by atoms with van der Waals surface area (Å²) in [6, 6.07) is 0.848. The number of halogens is 3. The van der Waals surface area contributed by atoms with Crippen molar-refractivity contribution in [3.05, 3.63) is 18.0 Å². The molecule has 2 N–H and O–H groups in total. The normalized spacial score (nSPS) is 23.9. The second kappa shape index (κ2) is 5.32. The predicted octanol–water partition coefficient (Wildman–Crippen LogP) is 2.06. The Morgan fingerprint density at radius 3 is 2.79 bits per heavy atom. The first-order valence-corrected chi connectivity index (χ1v) is 6.32. The third-order valence-corrected chi connectivity index (χ3v) is 3.37. The molecule has 0 unspecified atom stereocenters. The van der Waals surface area contributed by atoms with Gasteiger partial charge in [-0.25, -0.2) is 9.97 Å². The number of alkyl halides is 3. The first kappa shape index (κ1) is 14.0. The summed E-state index contributed by atoms with van der Waals surface area (Å²) >= 11 is 0. The van der Waals surface area contributed by atoms with E-state index in [1.165, 1.54) is 0 Å². The SMILES string of the molecule is CCC[C@@H]1CN(c2nccc(C(F)(F)F)n2)C[C@H]1N. The van der Waals surface area contributed by atoms with Crippen LogP contribution in [0, 0.1) is 5.92 Å². The van der Waals surface area contributed by atoms with E-state index in [-0.39, 0.29) is 12.0 Å². The highest BCUT2D eigenvalue weighted by Crippen LogP contribution is 2.29. The fourth-order valence-corrected chi connectivity index (χ4v) is 2.39. The van der Waals surface area contributed by atoms with Crippen molar-refractivity contribution >= 4 is 5.95 Å². The Bertz CT molecular complexity index is 435. The van der Waals surface area contributed by atoms with Gasteiger partial charge in [-0.3, -0.25) is 0 Å². The van der Waals surface area contributed by atoms with Crippen molar-refractivity contribution < 1.29 is 13.2 Å². The van der Waals surface area contributed by atoms with Crippen LogP contribution in [0.25, 0.3) is 0 Å². The van der Waals surface area contributed by atoms with Gasteiger partial charge in [-0.05, 0) is 18.4 Å². The predicted molar refractivity (Wildman–Crippen MR) is 65.6 cm³/mol. The smallest absolute Gasteiger partial charge is 0.339 e. The minimum atomic E-state index is -4.44. The van der Waals surface area contributed by atoms with Gasteiger partial charge < -0.3 is 10.6 Å². The highest BCUT2D eigenvalue weighted by molar-refractivity contribution is 5.33. The lowest BCUT2D eigenvalue weighted by Gasteiger charge is -2.17. The maximum absolute atomic E-state index is 12.6. The van der Waals surface area contributed by atoms with Crippen molar-refractivity contribution in [3.8, 4) is 0 Å². The van der Waals surface area contributed by atoms with Gasteiger partial charge in [0.25, 0.3) is 0 Å². The van der Waals surface area contributed by atoms with Crippen LogP contribution in [0.1, 0.15) is 25.5 Å². The van der Waals surface area contributed by atoms with Crippen molar-refractivity contribution in [2.75, 3.05) is 18.0 Å². The van der Waals surface area contributed by atoms with Crippen LogP contribution in [0.15, 0.2) is 12.3 Å². The van der Waals surface area contributed by atoms with Gasteiger partial charge in [0.1, 0.15) is 5.69 Å². The summed E-state index contributed by atoms with van der Waals surface area (Å²) in [4.78, 5) is 9.25. The zero-order valence-electron chi connectivity index (χ0n) is 10.7. The van der Waals surface area contributed by atoms with E-state index < -0.39 is 11.9 Å². The summed E-state index contributed by atoms with van der Waals surface area (Å²) in [7, 11) is 0. The fourth-order valence-electron chi connectivity index (χ4n) is 2.39. The Balaban J connectivity index is 2.15. The Morgan fingerprint density at radius 1 is 1.42 bits per heavy atom. The van der Waals surface area contributed by atoms with E-state index in [0.717, 1.165) is 25.1 Å². The fraction of sp³-hybridized carbons (Fsp3) is 0.667. The van der Waals surface area contributed by atoms with Crippen LogP contribution in [0.3, 0.4) is 0 Å². The maximum Gasteiger partial charge on any atom is 0.433 e. The minimum Gasteiger partial charge on any atom is -0.339 e. The van der Waals surface area contributed by atoms with Gasteiger partial charge in [-0.1, -0.05) is 13.3 Å². The summed E-state index contributed by atoms with van der Waals surface area (Å²) in [5, 5.41) is 0. The lowest BCUT2D eigenvalue weighted by molar-refractivity contribution is -0.141. The molecule has 0 saturated carbocycles. The molecule has 1 aromatic heterocycles. The first-order valence-electron chi connectivity index (χ1n) is 6.32. The number of rotatable bonds is 3. The Kier molecular flexibility index (Phi) is 3.93. The van der Waals surface area contributed by atoms with Gasteiger partial charge in [-0.2, -0.15) is 13.2 Å². The van der Waals surface area contributed by atoms with E-state index in [2.05, 4.69) is 16.9 Å². The standard InChI is InChI=1S/C12H17F3N4/c1-2-3-8-6-19(7-9(8)16)11-17-5-4-10(18-11)12(13,14)15/h4-5,8-9H,2-3,6-7,16H2,1H3/t8-,9-/m1/s1. The summed E-state index contributed by atoms with van der Waals surface area (Å²) in [5.41, 5.74) is 5.09. The molecule has 0 spiro atoms. The molecule has 0 aromatic carbocycles. The topological polar surface area (TPSA) is 55.0 Å². The summed E-state index contributed by atoms with van der Waals surface area (Å²) in [6.07, 6.45) is -1.32. The summed E-state index contributed by atoms with van der Waals surface area (Å²) in [5.74, 6) is 0.409. The number of hydrogen-bond donors (Lipinski definition) is 1. The van der Waals surface area contributed by atoms with Gasteiger partial charge in [0.2, 0.25) is 5.95 Å². The Hall–Kier alpha value is -1.37. The van der Waals surface area contributed by atoms with Crippen LogP contribution in [-0.4, -0.2) is 29.1 Å². The van der Waals surface area contributed by atoms with Gasteiger partial charge >= 0.3 is 6.18 Å². The average molecular weight is 274 g/mol. The van der Waals surface area contributed by atoms with Gasteiger partial charge in [-0.15, -0.1) is 0 Å². The van der Waals surface area contributed by atoms with Crippen LogP contribution in [0.5, 0.6) is 0 Å². The van der Waals surface area contributed by atoms with E-state index in [4.69, 9.17) is 5.73 Å². The maximum atomic E-state index is 12.6. The molecule has 19 heavy (non-hydrogen) atoms. The zero-order chi connectivity index (χ0) is 14.0. The van der Waals surface area contributed by atoms with Crippen molar-refractivity contribution in [3.63, 3.8) is 0 Å². The van der Waals surface area contributed by atoms with Gasteiger partial charge in [0, 0.05) is 25.3 Å². The number of nitrogens with zero attached hydrogens (tertiary/aromatic N) is 3. The largest absolute Gasteiger partial charge is 0.433 e. The monoisotopic (exact) mass is 274 g/mol. The molecule has 1 aliphatic rings. The van der Waals surface area contributed by atoms with Crippen LogP contribution in [-0.2, 0) is 6.18 Å². The average Bonchev–Trinajstić information content (AvgIpc) is 2.71. The van der Waals surface area contributed by atoms with Crippen molar-refractivity contribution in [2.45, 2.75) is 32.0 Å². The molecule has 1 fully saturated rings. The minimum absolute atomic E-state index is 0.0295. The van der Waals surface area contributed by atoms with E-state index >= 15 is 0 Å². The third-order valence-electron chi connectivity index (χ3n) is 3.37. The van der Waals surface area contributed by atoms with Crippen LogP contribution >= 0.6 is 0 Å². The highest BCUT2D eigenvalue weighted by Gasteiger charge is 2.35. The molecular weight excluding hydrogens is 257 g/mol. The number of nitrogens with two attached hydrogens (primary N) is 1. The van der Waals surface area contributed by atoms with E-state index in [0.29, 0.717) is 19.0 Å². The van der Waals surface area contributed by atoms with Crippen molar-refractivity contribution in [1.29, 1.82) is 0 Å². The molecule has 0 amide bonds. The van der Waals surface area contributed by atoms with Crippen LogP contribution in [0.2, 0.25) is 0 Å². The summed E-state index contributed by atoms with van der Waals surface area (Å²) < 4.78 is 37.8. The Morgan fingerprint density at radius 2 is 2.16 bits per heavy atom.